The van der Waals surface area contributed by atoms with Gasteiger partial charge < -0.3 is 10.2 Å². The number of hydrogen-bond donors (Lipinski definition) is 1. The fourth-order valence-electron chi connectivity index (χ4n) is 1.87. The monoisotopic (exact) mass is 237 g/mol. The largest absolute Gasteiger partial charge is 0.356 e. The summed E-state index contributed by atoms with van der Waals surface area (Å²) < 4.78 is 13.2. The highest BCUT2D eigenvalue weighted by molar-refractivity contribution is 5.48. The number of nitrogens with one attached hydrogen (secondary N) is 1. The molecule has 0 aromatic carbocycles. The number of anilines is 1. The van der Waals surface area contributed by atoms with E-state index in [0.717, 1.165) is 11.4 Å². The van der Waals surface area contributed by atoms with Gasteiger partial charge in [0.25, 0.3) is 0 Å². The van der Waals surface area contributed by atoms with E-state index in [4.69, 9.17) is 0 Å². The van der Waals surface area contributed by atoms with Crippen LogP contribution >= 0.6 is 0 Å². The Labute approximate surface area is 102 Å². The van der Waals surface area contributed by atoms with Gasteiger partial charge in [0, 0.05) is 31.2 Å². The Morgan fingerprint density at radius 1 is 1.53 bits per heavy atom. The Morgan fingerprint density at radius 2 is 2.24 bits per heavy atom. The van der Waals surface area contributed by atoms with Gasteiger partial charge in [-0.2, -0.15) is 0 Å². The van der Waals surface area contributed by atoms with Crippen molar-refractivity contribution >= 4 is 5.82 Å². The SMILES string of the molecule is CC(C)NCc1cc(F)cnc1N(C)C1CC1. The minimum Gasteiger partial charge on any atom is -0.356 e. The molecular formula is C13H20FN3. The van der Waals surface area contributed by atoms with Gasteiger partial charge in [-0.3, -0.25) is 0 Å². The highest BCUT2D eigenvalue weighted by Crippen LogP contribution is 2.30. The first-order valence-corrected chi connectivity index (χ1v) is 6.18. The van der Waals surface area contributed by atoms with E-state index in [2.05, 4.69) is 29.0 Å². The van der Waals surface area contributed by atoms with Crippen LogP contribution in [0.15, 0.2) is 12.3 Å². The molecule has 0 radical (unpaired) electrons. The van der Waals surface area contributed by atoms with Gasteiger partial charge in [0.05, 0.1) is 6.20 Å². The number of pyridine rings is 1. The van der Waals surface area contributed by atoms with Crippen LogP contribution in [-0.2, 0) is 6.54 Å². The summed E-state index contributed by atoms with van der Waals surface area (Å²) in [5, 5.41) is 3.31. The molecule has 0 saturated heterocycles. The van der Waals surface area contributed by atoms with Gasteiger partial charge in [0.1, 0.15) is 11.6 Å². The molecule has 2 rings (SSSR count). The molecule has 0 aliphatic heterocycles. The Kier molecular flexibility index (Phi) is 3.62. The second kappa shape index (κ2) is 5.00. The average molecular weight is 237 g/mol. The van der Waals surface area contributed by atoms with E-state index in [1.165, 1.54) is 19.0 Å². The molecule has 1 aromatic heterocycles. The summed E-state index contributed by atoms with van der Waals surface area (Å²) in [6.45, 7) is 4.82. The van der Waals surface area contributed by atoms with E-state index in [-0.39, 0.29) is 5.82 Å². The number of halogens is 1. The fraction of sp³-hybridized carbons (Fsp3) is 0.615. The third-order valence-corrected chi connectivity index (χ3v) is 3.04. The van der Waals surface area contributed by atoms with Gasteiger partial charge in [-0.1, -0.05) is 13.8 Å². The Bertz CT molecular complexity index is 388. The second-order valence-corrected chi connectivity index (χ2v) is 5.01. The molecule has 1 N–H and O–H groups in total. The quantitative estimate of drug-likeness (QED) is 0.852. The van der Waals surface area contributed by atoms with E-state index < -0.39 is 0 Å². The summed E-state index contributed by atoms with van der Waals surface area (Å²) in [6.07, 6.45) is 3.73. The third-order valence-electron chi connectivity index (χ3n) is 3.04. The van der Waals surface area contributed by atoms with Crippen molar-refractivity contribution in [2.24, 2.45) is 0 Å². The predicted molar refractivity (Wildman–Crippen MR) is 67.6 cm³/mol. The molecule has 1 heterocycles. The molecule has 0 bridgehead atoms. The van der Waals surface area contributed by atoms with Gasteiger partial charge in [-0.05, 0) is 18.9 Å². The van der Waals surface area contributed by atoms with Gasteiger partial charge in [-0.25, -0.2) is 9.37 Å². The molecule has 1 aromatic rings. The lowest BCUT2D eigenvalue weighted by molar-refractivity contribution is 0.577. The van der Waals surface area contributed by atoms with Crippen LogP contribution in [0.2, 0.25) is 0 Å². The molecule has 4 heteroatoms. The first-order valence-electron chi connectivity index (χ1n) is 6.18. The minimum atomic E-state index is -0.265. The summed E-state index contributed by atoms with van der Waals surface area (Å²) in [6, 6.07) is 2.56. The van der Waals surface area contributed by atoms with Crippen LogP contribution in [0.5, 0.6) is 0 Å². The van der Waals surface area contributed by atoms with Crippen LogP contribution in [0.25, 0.3) is 0 Å². The summed E-state index contributed by atoms with van der Waals surface area (Å²) in [5.41, 5.74) is 0.938. The molecule has 0 amide bonds. The standard InChI is InChI=1S/C13H20FN3/c1-9(2)15-7-10-6-11(14)8-16-13(10)17(3)12-4-5-12/h6,8-9,12,15H,4-5,7H2,1-3H3. The highest BCUT2D eigenvalue weighted by Gasteiger charge is 2.28. The lowest BCUT2D eigenvalue weighted by atomic mass is 10.2. The van der Waals surface area contributed by atoms with Crippen LogP contribution in [-0.4, -0.2) is 24.1 Å². The second-order valence-electron chi connectivity index (χ2n) is 5.01. The summed E-state index contributed by atoms with van der Waals surface area (Å²) in [4.78, 5) is 6.39. The molecule has 3 nitrogen and oxygen atoms in total. The lowest BCUT2D eigenvalue weighted by Gasteiger charge is -2.21. The summed E-state index contributed by atoms with van der Waals surface area (Å²) >= 11 is 0. The van der Waals surface area contributed by atoms with Crippen LogP contribution < -0.4 is 10.2 Å². The van der Waals surface area contributed by atoms with E-state index in [9.17, 15) is 4.39 Å². The molecule has 1 aliphatic rings. The van der Waals surface area contributed by atoms with E-state index in [1.807, 2.05) is 7.05 Å². The lowest BCUT2D eigenvalue weighted by Crippen LogP contribution is -2.26. The van der Waals surface area contributed by atoms with Crippen LogP contribution in [0.1, 0.15) is 32.3 Å². The zero-order valence-corrected chi connectivity index (χ0v) is 10.7. The molecule has 17 heavy (non-hydrogen) atoms. The summed E-state index contributed by atoms with van der Waals surface area (Å²) in [5.74, 6) is 0.639. The maximum atomic E-state index is 13.2. The van der Waals surface area contributed by atoms with Crippen molar-refractivity contribution in [3.8, 4) is 0 Å². The van der Waals surface area contributed by atoms with Crippen molar-refractivity contribution in [2.75, 3.05) is 11.9 Å². The first-order chi connectivity index (χ1) is 8.08. The predicted octanol–water partition coefficient (Wildman–Crippen LogP) is 2.32. The molecule has 0 atom stereocenters. The van der Waals surface area contributed by atoms with Crippen molar-refractivity contribution in [1.29, 1.82) is 0 Å². The van der Waals surface area contributed by atoms with Crippen LogP contribution in [0.3, 0.4) is 0 Å². The van der Waals surface area contributed by atoms with E-state index >= 15 is 0 Å². The van der Waals surface area contributed by atoms with Gasteiger partial charge in [0.2, 0.25) is 0 Å². The molecule has 0 unspecified atom stereocenters. The summed E-state index contributed by atoms with van der Waals surface area (Å²) in [7, 11) is 2.04. The molecule has 1 saturated carbocycles. The number of hydrogen-bond acceptors (Lipinski definition) is 3. The average Bonchev–Trinajstić information content (AvgIpc) is 3.09. The van der Waals surface area contributed by atoms with E-state index in [0.29, 0.717) is 18.6 Å². The molecule has 0 spiro atoms. The van der Waals surface area contributed by atoms with Gasteiger partial charge in [-0.15, -0.1) is 0 Å². The number of rotatable bonds is 5. The number of nitrogens with zero attached hydrogens (tertiary/aromatic N) is 2. The van der Waals surface area contributed by atoms with Crippen molar-refractivity contribution in [3.63, 3.8) is 0 Å². The maximum Gasteiger partial charge on any atom is 0.141 e. The maximum absolute atomic E-state index is 13.2. The Balaban J connectivity index is 2.17. The molecule has 94 valence electrons. The van der Waals surface area contributed by atoms with Crippen LogP contribution in [0, 0.1) is 5.82 Å². The molecule has 1 aliphatic carbocycles. The Morgan fingerprint density at radius 3 is 2.82 bits per heavy atom. The van der Waals surface area contributed by atoms with Crippen molar-refractivity contribution in [2.45, 2.75) is 45.3 Å². The van der Waals surface area contributed by atoms with Crippen LogP contribution in [0.4, 0.5) is 10.2 Å². The first kappa shape index (κ1) is 12.3. The van der Waals surface area contributed by atoms with Crippen molar-refractivity contribution < 1.29 is 4.39 Å². The Hall–Kier alpha value is -1.16. The molecular weight excluding hydrogens is 217 g/mol. The topological polar surface area (TPSA) is 28.2 Å². The van der Waals surface area contributed by atoms with Crippen molar-refractivity contribution in [3.05, 3.63) is 23.6 Å². The zero-order chi connectivity index (χ0) is 12.4. The zero-order valence-electron chi connectivity index (χ0n) is 10.7. The van der Waals surface area contributed by atoms with E-state index in [1.54, 1.807) is 6.07 Å². The van der Waals surface area contributed by atoms with Crippen molar-refractivity contribution in [1.82, 2.24) is 10.3 Å². The fourth-order valence-corrected chi connectivity index (χ4v) is 1.87. The third kappa shape index (κ3) is 3.16. The highest BCUT2D eigenvalue weighted by atomic mass is 19.1. The minimum absolute atomic E-state index is 0.265. The van der Waals surface area contributed by atoms with Gasteiger partial charge >= 0.3 is 0 Å². The molecule has 1 fully saturated rings. The normalized spacial score (nSPS) is 15.4. The number of aromatic nitrogens is 1. The smallest absolute Gasteiger partial charge is 0.141 e. The van der Waals surface area contributed by atoms with Gasteiger partial charge in [0.15, 0.2) is 0 Å².